The fourth-order valence-corrected chi connectivity index (χ4v) is 1.31. The zero-order valence-electron chi connectivity index (χ0n) is 8.98. The van der Waals surface area contributed by atoms with Gasteiger partial charge in [0.1, 0.15) is 11.8 Å². The molecule has 0 aliphatic carbocycles. The summed E-state index contributed by atoms with van der Waals surface area (Å²) in [5, 5.41) is 17.9. The van der Waals surface area contributed by atoms with Gasteiger partial charge >= 0.3 is 5.97 Å². The Balaban J connectivity index is 3.38. The van der Waals surface area contributed by atoms with E-state index in [4.69, 9.17) is 15.1 Å². The van der Waals surface area contributed by atoms with Crippen LogP contribution in [-0.4, -0.2) is 25.3 Å². The van der Waals surface area contributed by atoms with E-state index >= 15 is 0 Å². The molecule has 84 valence electrons. The summed E-state index contributed by atoms with van der Waals surface area (Å²) in [4.78, 5) is 11.4. The molecule has 0 spiro atoms. The van der Waals surface area contributed by atoms with Gasteiger partial charge in [-0.05, 0) is 17.7 Å². The lowest BCUT2D eigenvalue weighted by molar-refractivity contribution is 0.0597. The second-order valence-electron chi connectivity index (χ2n) is 2.97. The van der Waals surface area contributed by atoms with Crippen LogP contribution >= 0.6 is 0 Å². The van der Waals surface area contributed by atoms with Crippen LogP contribution in [0.5, 0.6) is 5.75 Å². The highest BCUT2D eigenvalue weighted by atomic mass is 16.5. The molecule has 0 aromatic heterocycles. The van der Waals surface area contributed by atoms with Gasteiger partial charge in [0.05, 0.1) is 32.0 Å². The SMILES string of the molecule is COC(=O)c1cc(C#N)c(OC)cc1CO. The lowest BCUT2D eigenvalue weighted by atomic mass is 10.0. The number of nitriles is 1. The van der Waals surface area contributed by atoms with Gasteiger partial charge in [0.2, 0.25) is 0 Å². The van der Waals surface area contributed by atoms with Gasteiger partial charge in [-0.1, -0.05) is 0 Å². The van der Waals surface area contributed by atoms with Crippen molar-refractivity contribution in [3.63, 3.8) is 0 Å². The molecule has 0 bridgehead atoms. The van der Waals surface area contributed by atoms with E-state index in [9.17, 15) is 4.79 Å². The van der Waals surface area contributed by atoms with Crippen molar-refractivity contribution >= 4 is 5.97 Å². The van der Waals surface area contributed by atoms with Gasteiger partial charge in [-0.3, -0.25) is 0 Å². The number of nitrogens with zero attached hydrogens (tertiary/aromatic N) is 1. The minimum absolute atomic E-state index is 0.169. The Bertz CT molecular complexity index is 448. The number of methoxy groups -OCH3 is 2. The zero-order chi connectivity index (χ0) is 12.1. The van der Waals surface area contributed by atoms with Crippen LogP contribution in [-0.2, 0) is 11.3 Å². The Kier molecular flexibility index (Phi) is 3.86. The number of aliphatic hydroxyl groups is 1. The molecule has 0 saturated carbocycles. The van der Waals surface area contributed by atoms with E-state index < -0.39 is 5.97 Å². The van der Waals surface area contributed by atoms with E-state index in [-0.39, 0.29) is 17.7 Å². The van der Waals surface area contributed by atoms with E-state index in [0.29, 0.717) is 11.3 Å². The number of hydrogen-bond donors (Lipinski definition) is 1. The molecule has 0 aliphatic heterocycles. The summed E-state index contributed by atoms with van der Waals surface area (Å²) in [6, 6.07) is 4.70. The van der Waals surface area contributed by atoms with Gasteiger partial charge in [-0.25, -0.2) is 4.79 Å². The standard InChI is InChI=1S/C11H11NO4/c1-15-10-4-8(6-13)9(11(14)16-2)3-7(10)5-12/h3-4,13H,6H2,1-2H3. The van der Waals surface area contributed by atoms with Crippen LogP contribution in [0.15, 0.2) is 12.1 Å². The predicted molar refractivity (Wildman–Crippen MR) is 55.0 cm³/mol. The van der Waals surface area contributed by atoms with Crippen LogP contribution in [0.1, 0.15) is 21.5 Å². The van der Waals surface area contributed by atoms with Crippen LogP contribution in [0.25, 0.3) is 0 Å². The Morgan fingerprint density at radius 3 is 2.62 bits per heavy atom. The zero-order valence-corrected chi connectivity index (χ0v) is 8.98. The number of ether oxygens (including phenoxy) is 2. The highest BCUT2D eigenvalue weighted by Gasteiger charge is 2.15. The molecule has 0 heterocycles. The maximum Gasteiger partial charge on any atom is 0.338 e. The molecule has 0 fully saturated rings. The average Bonchev–Trinajstić information content (AvgIpc) is 2.35. The first-order chi connectivity index (χ1) is 7.67. The van der Waals surface area contributed by atoms with E-state index in [2.05, 4.69) is 4.74 Å². The molecule has 1 N–H and O–H groups in total. The van der Waals surface area contributed by atoms with Crippen LogP contribution in [0, 0.1) is 11.3 Å². The Morgan fingerprint density at radius 2 is 2.19 bits per heavy atom. The number of esters is 1. The first-order valence-electron chi connectivity index (χ1n) is 4.48. The van der Waals surface area contributed by atoms with Crippen molar-refractivity contribution in [2.45, 2.75) is 6.61 Å². The van der Waals surface area contributed by atoms with Gasteiger partial charge in [0.25, 0.3) is 0 Å². The summed E-state index contributed by atoms with van der Waals surface area (Å²) < 4.78 is 9.51. The molecule has 0 amide bonds. The highest BCUT2D eigenvalue weighted by Crippen LogP contribution is 2.23. The molecular formula is C11H11NO4. The lowest BCUT2D eigenvalue weighted by Gasteiger charge is -2.09. The topological polar surface area (TPSA) is 79.6 Å². The van der Waals surface area contributed by atoms with E-state index in [1.807, 2.05) is 6.07 Å². The van der Waals surface area contributed by atoms with Gasteiger partial charge in [0, 0.05) is 0 Å². The maximum absolute atomic E-state index is 11.4. The first kappa shape index (κ1) is 12.0. The molecule has 1 aromatic rings. The number of hydrogen-bond acceptors (Lipinski definition) is 5. The fourth-order valence-electron chi connectivity index (χ4n) is 1.31. The number of aliphatic hydroxyl groups excluding tert-OH is 1. The summed E-state index contributed by atoms with van der Waals surface area (Å²) >= 11 is 0. The van der Waals surface area contributed by atoms with Crippen molar-refractivity contribution in [2.75, 3.05) is 14.2 Å². The molecule has 5 nitrogen and oxygen atoms in total. The molecular weight excluding hydrogens is 210 g/mol. The van der Waals surface area contributed by atoms with Crippen molar-refractivity contribution in [2.24, 2.45) is 0 Å². The van der Waals surface area contributed by atoms with Crippen molar-refractivity contribution in [3.8, 4) is 11.8 Å². The predicted octanol–water partition coefficient (Wildman–Crippen LogP) is 0.846. The molecule has 1 rings (SSSR count). The number of carbonyl (C=O) groups excluding carboxylic acids is 1. The largest absolute Gasteiger partial charge is 0.495 e. The van der Waals surface area contributed by atoms with Crippen LogP contribution in [0.3, 0.4) is 0 Å². The summed E-state index contributed by atoms with van der Waals surface area (Å²) in [5.41, 5.74) is 0.755. The summed E-state index contributed by atoms with van der Waals surface area (Å²) in [6.07, 6.45) is 0. The number of benzene rings is 1. The molecule has 0 radical (unpaired) electrons. The lowest BCUT2D eigenvalue weighted by Crippen LogP contribution is -2.07. The van der Waals surface area contributed by atoms with E-state index in [0.717, 1.165) is 0 Å². The van der Waals surface area contributed by atoms with Gasteiger partial charge in [-0.15, -0.1) is 0 Å². The van der Waals surface area contributed by atoms with Gasteiger partial charge in [-0.2, -0.15) is 5.26 Å². The minimum Gasteiger partial charge on any atom is -0.495 e. The molecule has 0 unspecified atom stereocenters. The Labute approximate surface area is 92.8 Å². The molecule has 0 aliphatic rings. The number of rotatable bonds is 3. The molecule has 0 saturated heterocycles. The van der Waals surface area contributed by atoms with Gasteiger partial charge < -0.3 is 14.6 Å². The second kappa shape index (κ2) is 5.14. The molecule has 1 aromatic carbocycles. The first-order valence-corrected chi connectivity index (χ1v) is 4.48. The molecule has 0 atom stereocenters. The van der Waals surface area contributed by atoms with E-state index in [1.54, 1.807) is 0 Å². The summed E-state index contributed by atoms with van der Waals surface area (Å²) in [7, 11) is 2.65. The molecule has 5 heteroatoms. The normalized spacial score (nSPS) is 9.38. The maximum atomic E-state index is 11.4. The summed E-state index contributed by atoms with van der Waals surface area (Å²) in [5.74, 6) is -0.276. The van der Waals surface area contributed by atoms with Crippen LogP contribution in [0.2, 0.25) is 0 Å². The van der Waals surface area contributed by atoms with E-state index in [1.165, 1.54) is 26.4 Å². The highest BCUT2D eigenvalue weighted by molar-refractivity contribution is 5.91. The Hall–Kier alpha value is -2.06. The van der Waals surface area contributed by atoms with Gasteiger partial charge in [0.15, 0.2) is 0 Å². The third kappa shape index (κ3) is 2.12. The Morgan fingerprint density at radius 1 is 1.50 bits per heavy atom. The van der Waals surface area contributed by atoms with Crippen LogP contribution < -0.4 is 4.74 Å². The van der Waals surface area contributed by atoms with Crippen molar-refractivity contribution in [1.82, 2.24) is 0 Å². The third-order valence-electron chi connectivity index (χ3n) is 2.12. The molecule has 16 heavy (non-hydrogen) atoms. The van der Waals surface area contributed by atoms with Crippen molar-refractivity contribution < 1.29 is 19.4 Å². The van der Waals surface area contributed by atoms with Crippen LogP contribution in [0.4, 0.5) is 0 Å². The third-order valence-corrected chi connectivity index (χ3v) is 2.12. The monoisotopic (exact) mass is 221 g/mol. The smallest absolute Gasteiger partial charge is 0.338 e. The van der Waals surface area contributed by atoms with Crippen molar-refractivity contribution in [3.05, 3.63) is 28.8 Å². The fraction of sp³-hybridized carbons (Fsp3) is 0.273. The minimum atomic E-state index is -0.594. The number of carbonyl (C=O) groups is 1. The summed E-state index contributed by atoms with van der Waals surface area (Å²) in [6.45, 7) is -0.327. The second-order valence-corrected chi connectivity index (χ2v) is 2.97. The van der Waals surface area contributed by atoms with Crippen molar-refractivity contribution in [1.29, 1.82) is 5.26 Å². The quantitative estimate of drug-likeness (QED) is 0.765. The average molecular weight is 221 g/mol.